The number of rotatable bonds is 5. The molecule has 3 rings (SSSR count). The number of amides is 1. The molecule has 0 aromatic heterocycles. The first-order valence-corrected chi connectivity index (χ1v) is 9.62. The summed E-state index contributed by atoms with van der Waals surface area (Å²) in [7, 11) is -3.26. The van der Waals surface area contributed by atoms with E-state index >= 15 is 0 Å². The summed E-state index contributed by atoms with van der Waals surface area (Å²) in [5.41, 5.74) is 1.56. The van der Waals surface area contributed by atoms with Crippen molar-refractivity contribution in [3.8, 4) is 5.75 Å². The van der Waals surface area contributed by atoms with Gasteiger partial charge in [0.1, 0.15) is 11.9 Å². The van der Waals surface area contributed by atoms with Gasteiger partial charge in [0.25, 0.3) is 5.91 Å². The van der Waals surface area contributed by atoms with E-state index in [2.05, 4.69) is 5.32 Å². The summed E-state index contributed by atoms with van der Waals surface area (Å²) in [6.07, 6.45) is 2.76. The Kier molecular flexibility index (Phi) is 4.59. The highest BCUT2D eigenvalue weighted by Crippen LogP contribution is 2.29. The van der Waals surface area contributed by atoms with Crippen LogP contribution in [-0.4, -0.2) is 50.1 Å². The van der Waals surface area contributed by atoms with E-state index in [1.54, 1.807) is 12.1 Å². The Hall–Kier alpha value is -1.60. The number of nitrogens with zero attached hydrogens (tertiary/aromatic N) is 1. The maximum Gasteiger partial charge on any atom is 0.251 e. The molecule has 1 fully saturated rings. The number of carbonyl (C=O) groups excluding carboxylic acids is 1. The fraction of sp³-hybridized carbons (Fsp3) is 0.562. The maximum atomic E-state index is 12.2. The van der Waals surface area contributed by atoms with Gasteiger partial charge in [0.2, 0.25) is 10.0 Å². The number of fused-ring (bicyclic) bond motifs is 1. The summed E-state index contributed by atoms with van der Waals surface area (Å²) in [6, 6.07) is 5.33. The van der Waals surface area contributed by atoms with Gasteiger partial charge >= 0.3 is 0 Å². The third-order valence-electron chi connectivity index (χ3n) is 4.26. The summed E-state index contributed by atoms with van der Waals surface area (Å²) in [4.78, 5) is 12.2. The normalized spacial score (nSPS) is 21.0. The van der Waals surface area contributed by atoms with E-state index in [0.29, 0.717) is 18.7 Å². The van der Waals surface area contributed by atoms with Crippen molar-refractivity contribution in [2.75, 3.05) is 25.4 Å². The molecule has 0 unspecified atom stereocenters. The van der Waals surface area contributed by atoms with Crippen LogP contribution in [0.15, 0.2) is 18.2 Å². The van der Waals surface area contributed by atoms with Crippen molar-refractivity contribution >= 4 is 15.9 Å². The number of ether oxygens (including phenoxy) is 1. The largest absolute Gasteiger partial charge is 0.490 e. The third kappa shape index (κ3) is 3.67. The topological polar surface area (TPSA) is 75.7 Å². The van der Waals surface area contributed by atoms with Crippen LogP contribution < -0.4 is 10.1 Å². The highest BCUT2D eigenvalue weighted by Gasteiger charge is 2.25. The Morgan fingerprint density at radius 3 is 2.83 bits per heavy atom. The summed E-state index contributed by atoms with van der Waals surface area (Å²) in [5.74, 6) is 0.527. The van der Waals surface area contributed by atoms with Crippen LogP contribution in [0, 0.1) is 0 Å². The van der Waals surface area contributed by atoms with Crippen LogP contribution in [0.4, 0.5) is 0 Å². The molecule has 1 aromatic carbocycles. The molecule has 2 aliphatic rings. The van der Waals surface area contributed by atoms with Crippen LogP contribution >= 0.6 is 0 Å². The Bertz CT molecular complexity index is 696. The van der Waals surface area contributed by atoms with E-state index in [0.717, 1.165) is 30.6 Å². The Labute approximate surface area is 136 Å². The quantitative estimate of drug-likeness (QED) is 0.874. The summed E-state index contributed by atoms with van der Waals surface area (Å²) >= 11 is 0. The summed E-state index contributed by atoms with van der Waals surface area (Å²) in [5, 5.41) is 2.70. The second-order valence-electron chi connectivity index (χ2n) is 6.13. The SMILES string of the molecule is C[C@@H]1Cc2cc(C(=O)NCCS(=O)(=O)N3CCCC3)ccc2O1. The zero-order valence-corrected chi connectivity index (χ0v) is 14.1. The molecule has 2 heterocycles. The third-order valence-corrected chi connectivity index (χ3v) is 6.13. The van der Waals surface area contributed by atoms with Gasteiger partial charge < -0.3 is 10.1 Å². The fourth-order valence-corrected chi connectivity index (χ4v) is 4.49. The molecule has 1 aromatic rings. The number of hydrogen-bond donors (Lipinski definition) is 1. The van der Waals surface area contributed by atoms with E-state index in [4.69, 9.17) is 4.74 Å². The van der Waals surface area contributed by atoms with Gasteiger partial charge in [0.15, 0.2) is 0 Å². The number of nitrogens with one attached hydrogen (secondary N) is 1. The van der Waals surface area contributed by atoms with Gasteiger partial charge in [-0.25, -0.2) is 12.7 Å². The fourth-order valence-electron chi connectivity index (χ4n) is 3.05. The molecule has 0 radical (unpaired) electrons. The van der Waals surface area contributed by atoms with E-state index in [1.165, 1.54) is 4.31 Å². The van der Waals surface area contributed by atoms with E-state index in [9.17, 15) is 13.2 Å². The monoisotopic (exact) mass is 338 g/mol. The standard InChI is InChI=1S/C16H22N2O4S/c1-12-10-14-11-13(4-5-15(14)22-12)16(19)17-6-9-23(20,21)18-7-2-3-8-18/h4-5,11-12H,2-3,6-10H2,1H3,(H,17,19)/t12-/m1/s1. The molecule has 126 valence electrons. The lowest BCUT2D eigenvalue weighted by molar-refractivity contribution is 0.0956. The van der Waals surface area contributed by atoms with E-state index in [1.807, 2.05) is 13.0 Å². The Morgan fingerprint density at radius 2 is 2.09 bits per heavy atom. The predicted molar refractivity (Wildman–Crippen MR) is 87.2 cm³/mol. The first kappa shape index (κ1) is 16.3. The number of sulfonamides is 1. The van der Waals surface area contributed by atoms with Crippen molar-refractivity contribution in [1.82, 2.24) is 9.62 Å². The lowest BCUT2D eigenvalue weighted by Crippen LogP contribution is -2.36. The van der Waals surface area contributed by atoms with Gasteiger partial charge in [0, 0.05) is 31.6 Å². The van der Waals surface area contributed by atoms with Crippen molar-refractivity contribution in [3.05, 3.63) is 29.3 Å². The minimum atomic E-state index is -3.26. The summed E-state index contributed by atoms with van der Waals surface area (Å²) < 4.78 is 31.3. The van der Waals surface area contributed by atoms with Gasteiger partial charge in [0.05, 0.1) is 5.75 Å². The van der Waals surface area contributed by atoms with Crippen molar-refractivity contribution in [3.63, 3.8) is 0 Å². The maximum absolute atomic E-state index is 12.2. The minimum absolute atomic E-state index is 0.0518. The second-order valence-corrected chi connectivity index (χ2v) is 8.22. The van der Waals surface area contributed by atoms with Gasteiger partial charge in [-0.2, -0.15) is 0 Å². The molecule has 23 heavy (non-hydrogen) atoms. The molecule has 0 aliphatic carbocycles. The van der Waals surface area contributed by atoms with Crippen LogP contribution in [-0.2, 0) is 16.4 Å². The summed E-state index contributed by atoms with van der Waals surface area (Å²) in [6.45, 7) is 3.31. The average Bonchev–Trinajstić information content (AvgIpc) is 3.14. The van der Waals surface area contributed by atoms with Gasteiger partial charge in [-0.15, -0.1) is 0 Å². The zero-order valence-electron chi connectivity index (χ0n) is 13.2. The Morgan fingerprint density at radius 1 is 1.35 bits per heavy atom. The van der Waals surface area contributed by atoms with E-state index < -0.39 is 10.0 Å². The number of benzene rings is 1. The molecular formula is C16H22N2O4S. The first-order valence-electron chi connectivity index (χ1n) is 8.01. The zero-order chi connectivity index (χ0) is 16.4. The number of carbonyl (C=O) groups is 1. The molecule has 2 aliphatic heterocycles. The van der Waals surface area contributed by atoms with Crippen LogP contribution in [0.5, 0.6) is 5.75 Å². The molecule has 6 nitrogen and oxygen atoms in total. The van der Waals surface area contributed by atoms with Gasteiger partial charge in [-0.05, 0) is 43.5 Å². The highest BCUT2D eigenvalue weighted by atomic mass is 32.2. The molecule has 1 saturated heterocycles. The minimum Gasteiger partial charge on any atom is -0.490 e. The number of hydrogen-bond acceptors (Lipinski definition) is 4. The molecule has 1 atom stereocenters. The molecule has 1 N–H and O–H groups in total. The smallest absolute Gasteiger partial charge is 0.251 e. The van der Waals surface area contributed by atoms with Crippen LogP contribution in [0.25, 0.3) is 0 Å². The van der Waals surface area contributed by atoms with Crippen LogP contribution in [0.1, 0.15) is 35.7 Å². The molecule has 1 amide bonds. The molecule has 0 saturated carbocycles. The van der Waals surface area contributed by atoms with Gasteiger partial charge in [-0.1, -0.05) is 0 Å². The molecule has 0 spiro atoms. The van der Waals surface area contributed by atoms with Crippen molar-refractivity contribution in [2.45, 2.75) is 32.3 Å². The second kappa shape index (κ2) is 6.49. The molecular weight excluding hydrogens is 316 g/mol. The average molecular weight is 338 g/mol. The lowest BCUT2D eigenvalue weighted by Gasteiger charge is -2.15. The van der Waals surface area contributed by atoms with Gasteiger partial charge in [-0.3, -0.25) is 4.79 Å². The predicted octanol–water partition coefficient (Wildman–Crippen LogP) is 1.17. The lowest BCUT2D eigenvalue weighted by atomic mass is 10.1. The van der Waals surface area contributed by atoms with Crippen molar-refractivity contribution in [2.24, 2.45) is 0 Å². The van der Waals surface area contributed by atoms with Crippen molar-refractivity contribution in [1.29, 1.82) is 0 Å². The van der Waals surface area contributed by atoms with Crippen LogP contribution in [0.2, 0.25) is 0 Å². The first-order chi connectivity index (χ1) is 11.0. The van der Waals surface area contributed by atoms with Crippen molar-refractivity contribution < 1.29 is 17.9 Å². The molecule has 0 bridgehead atoms. The van der Waals surface area contributed by atoms with Crippen LogP contribution in [0.3, 0.4) is 0 Å². The highest BCUT2D eigenvalue weighted by molar-refractivity contribution is 7.89. The molecule has 7 heteroatoms. The van der Waals surface area contributed by atoms with E-state index in [-0.39, 0.29) is 24.3 Å². The Balaban J connectivity index is 1.55.